The van der Waals surface area contributed by atoms with Crippen LogP contribution in [0.4, 0.5) is 4.79 Å². The molecule has 6 heteroatoms. The quantitative estimate of drug-likeness (QED) is 0.706. The van der Waals surface area contributed by atoms with Crippen molar-refractivity contribution in [3.05, 3.63) is 40.9 Å². The van der Waals surface area contributed by atoms with Crippen LogP contribution in [0, 0.1) is 0 Å². The van der Waals surface area contributed by atoms with Gasteiger partial charge in [-0.15, -0.1) is 0 Å². The lowest BCUT2D eigenvalue weighted by atomic mass is 10.1. The fourth-order valence-electron chi connectivity index (χ4n) is 2.70. The molecule has 0 atom stereocenters. The second-order valence-corrected chi connectivity index (χ2v) is 8.21. The van der Waals surface area contributed by atoms with E-state index in [4.69, 9.17) is 11.6 Å². The van der Waals surface area contributed by atoms with Gasteiger partial charge in [0.15, 0.2) is 0 Å². The van der Waals surface area contributed by atoms with Crippen LogP contribution in [-0.4, -0.2) is 26.9 Å². The molecule has 1 heterocycles. The number of phenols is 1. The first-order valence-electron chi connectivity index (χ1n) is 7.64. The molecule has 0 amide bonds. The van der Waals surface area contributed by atoms with Crippen LogP contribution in [0.5, 0.6) is 5.75 Å². The molecule has 1 N–H and O–H groups in total. The minimum absolute atomic E-state index is 0.0654. The number of carbonyl (C=O) groups is 1. The first-order chi connectivity index (χ1) is 11.1. The Morgan fingerprint density at radius 2 is 1.87 bits per heavy atom. The zero-order valence-electron chi connectivity index (χ0n) is 12.6. The number of carbonyl (C=O) groups excluding carboxylic acids is 1. The van der Waals surface area contributed by atoms with Crippen molar-refractivity contribution in [2.45, 2.75) is 25.0 Å². The van der Waals surface area contributed by atoms with Gasteiger partial charge in [-0.05, 0) is 18.9 Å². The molecule has 0 saturated carbocycles. The second-order valence-electron chi connectivity index (χ2n) is 5.53. The molecule has 1 aliphatic heterocycles. The largest absolute Gasteiger partial charge is 0.507 e. The Morgan fingerprint density at radius 1 is 1.17 bits per heavy atom. The molecule has 0 spiro atoms. The van der Waals surface area contributed by atoms with E-state index in [1.54, 1.807) is 6.07 Å². The highest BCUT2D eigenvalue weighted by molar-refractivity contribution is 8.37. The van der Waals surface area contributed by atoms with E-state index >= 15 is 0 Å². The van der Waals surface area contributed by atoms with E-state index in [-0.39, 0.29) is 10.2 Å². The van der Waals surface area contributed by atoms with Gasteiger partial charge in [-0.3, -0.25) is 4.79 Å². The molecule has 0 unspecified atom stereocenters. The third-order valence-electron chi connectivity index (χ3n) is 3.91. The van der Waals surface area contributed by atoms with E-state index in [0.717, 1.165) is 36.7 Å². The summed E-state index contributed by atoms with van der Waals surface area (Å²) >= 11 is 8.80. The van der Waals surface area contributed by atoms with Crippen molar-refractivity contribution in [2.75, 3.05) is 13.1 Å². The minimum atomic E-state index is 0.0654. The van der Waals surface area contributed by atoms with Crippen LogP contribution in [0.15, 0.2) is 30.3 Å². The molecule has 1 aliphatic rings. The van der Waals surface area contributed by atoms with Gasteiger partial charge in [0.2, 0.25) is 0 Å². The number of thioether (sulfide) groups is 1. The van der Waals surface area contributed by atoms with Crippen LogP contribution in [-0.2, 0) is 5.75 Å². The van der Waals surface area contributed by atoms with Crippen LogP contribution >= 0.6 is 35.3 Å². The van der Waals surface area contributed by atoms with E-state index in [9.17, 15) is 9.90 Å². The van der Waals surface area contributed by atoms with Crippen LogP contribution in [0.25, 0.3) is 10.8 Å². The molecular formula is C17H18ClNO2S2. The van der Waals surface area contributed by atoms with Crippen LogP contribution in [0.3, 0.4) is 0 Å². The van der Waals surface area contributed by atoms with Gasteiger partial charge in [0.25, 0.3) is 4.45 Å². The lowest BCUT2D eigenvalue weighted by Gasteiger charge is -2.23. The highest BCUT2D eigenvalue weighted by Crippen LogP contribution is 2.37. The molecule has 2 aromatic carbocycles. The van der Waals surface area contributed by atoms with Crippen LogP contribution < -0.4 is 0 Å². The molecule has 1 saturated heterocycles. The maximum absolute atomic E-state index is 12.1. The van der Waals surface area contributed by atoms with Gasteiger partial charge in [-0.1, -0.05) is 54.0 Å². The number of aromatic hydroxyl groups is 1. The lowest BCUT2D eigenvalue weighted by molar-refractivity contribution is 0.275. The Labute approximate surface area is 149 Å². The van der Waals surface area contributed by atoms with E-state index in [1.807, 2.05) is 24.3 Å². The number of halogens is 1. The summed E-state index contributed by atoms with van der Waals surface area (Å²) in [5.41, 5.74) is 0.700. The average Bonchev–Trinajstić information content (AvgIpc) is 2.58. The molecule has 0 radical (unpaired) electrons. The van der Waals surface area contributed by atoms with Crippen molar-refractivity contribution in [1.29, 1.82) is 0 Å². The summed E-state index contributed by atoms with van der Waals surface area (Å²) < 4.78 is 2.20. The van der Waals surface area contributed by atoms with Crippen LogP contribution in [0.2, 0.25) is 5.02 Å². The molecule has 0 aliphatic carbocycles. The van der Waals surface area contributed by atoms with Crippen molar-refractivity contribution in [3.8, 4) is 5.75 Å². The fraction of sp³-hybridized carbons (Fsp3) is 0.353. The van der Waals surface area contributed by atoms with Gasteiger partial charge in [0.1, 0.15) is 5.75 Å². The average molecular weight is 368 g/mol. The lowest BCUT2D eigenvalue weighted by Crippen LogP contribution is -2.23. The summed E-state index contributed by atoms with van der Waals surface area (Å²) in [7, 11) is 0. The molecular weight excluding hydrogens is 350 g/mol. The summed E-state index contributed by atoms with van der Waals surface area (Å²) in [5, 5.41) is 12.6. The summed E-state index contributed by atoms with van der Waals surface area (Å²) in [6, 6.07) is 9.24. The van der Waals surface area contributed by atoms with Crippen molar-refractivity contribution in [1.82, 2.24) is 4.31 Å². The first kappa shape index (κ1) is 17.0. The van der Waals surface area contributed by atoms with Crippen molar-refractivity contribution < 1.29 is 9.90 Å². The Morgan fingerprint density at radius 3 is 2.61 bits per heavy atom. The Hall–Kier alpha value is -0.880. The highest BCUT2D eigenvalue weighted by atomic mass is 35.5. The SMILES string of the molecule is O=C(SCc1cc(Cl)c2ccccc2c1O)SN1CCCCC1. The Kier molecular flexibility index (Phi) is 5.75. The predicted molar refractivity (Wildman–Crippen MR) is 100 cm³/mol. The third kappa shape index (κ3) is 4.15. The summed E-state index contributed by atoms with van der Waals surface area (Å²) in [6.07, 6.45) is 3.57. The van der Waals surface area contributed by atoms with Gasteiger partial charge >= 0.3 is 0 Å². The molecule has 1 fully saturated rings. The van der Waals surface area contributed by atoms with E-state index in [2.05, 4.69) is 4.31 Å². The second kappa shape index (κ2) is 7.79. The van der Waals surface area contributed by atoms with Gasteiger partial charge in [-0.25, -0.2) is 4.31 Å². The summed E-state index contributed by atoms with van der Waals surface area (Å²) in [4.78, 5) is 12.1. The number of nitrogens with zero attached hydrogens (tertiary/aromatic N) is 1. The maximum Gasteiger partial charge on any atom is 0.261 e. The molecule has 0 bridgehead atoms. The molecule has 2 aromatic rings. The minimum Gasteiger partial charge on any atom is -0.507 e. The van der Waals surface area contributed by atoms with E-state index in [1.165, 1.54) is 30.1 Å². The molecule has 3 rings (SSSR count). The van der Waals surface area contributed by atoms with Gasteiger partial charge in [0, 0.05) is 52.1 Å². The van der Waals surface area contributed by atoms with Gasteiger partial charge in [0.05, 0.1) is 0 Å². The van der Waals surface area contributed by atoms with E-state index < -0.39 is 0 Å². The summed E-state index contributed by atoms with van der Waals surface area (Å²) in [6.45, 7) is 1.95. The first-order valence-corrected chi connectivity index (χ1v) is 9.77. The van der Waals surface area contributed by atoms with Crippen molar-refractivity contribution >= 4 is 50.5 Å². The number of benzene rings is 2. The zero-order chi connectivity index (χ0) is 16.2. The number of phenolic OH excluding ortho intramolecular Hbond substituents is 1. The predicted octanol–water partition coefficient (Wildman–Crippen LogP) is 5.69. The van der Waals surface area contributed by atoms with Gasteiger partial charge < -0.3 is 5.11 Å². The zero-order valence-corrected chi connectivity index (χ0v) is 15.0. The number of rotatable bonds is 3. The summed E-state index contributed by atoms with van der Waals surface area (Å²) in [5.74, 6) is 0.643. The van der Waals surface area contributed by atoms with E-state index in [0.29, 0.717) is 16.3 Å². The molecule has 23 heavy (non-hydrogen) atoms. The Balaban J connectivity index is 1.67. The van der Waals surface area contributed by atoms with Crippen molar-refractivity contribution in [2.24, 2.45) is 0 Å². The number of hydrogen-bond acceptors (Lipinski definition) is 5. The van der Waals surface area contributed by atoms with Gasteiger partial charge in [-0.2, -0.15) is 0 Å². The monoisotopic (exact) mass is 367 g/mol. The Bertz CT molecular complexity index is 717. The fourth-order valence-corrected chi connectivity index (χ4v) is 4.85. The molecule has 0 aromatic heterocycles. The topological polar surface area (TPSA) is 40.5 Å². The van der Waals surface area contributed by atoms with Crippen LogP contribution in [0.1, 0.15) is 24.8 Å². The number of hydrogen-bond donors (Lipinski definition) is 1. The maximum atomic E-state index is 12.1. The standard InChI is InChI=1S/C17H18ClNO2S2/c18-15-10-12(16(20)14-7-3-2-6-13(14)15)11-22-17(21)23-19-8-4-1-5-9-19/h2-3,6-7,10,20H,1,4-5,8-9,11H2. The molecule has 122 valence electrons. The normalized spacial score (nSPS) is 15.9. The molecule has 3 nitrogen and oxygen atoms in total. The highest BCUT2D eigenvalue weighted by Gasteiger charge is 2.17. The van der Waals surface area contributed by atoms with Crippen molar-refractivity contribution in [3.63, 3.8) is 0 Å². The number of fused-ring (bicyclic) bond motifs is 1. The number of piperidine rings is 1. The smallest absolute Gasteiger partial charge is 0.261 e. The third-order valence-corrected chi connectivity index (χ3v) is 6.26.